The summed E-state index contributed by atoms with van der Waals surface area (Å²) < 4.78 is 31.6. The van der Waals surface area contributed by atoms with Gasteiger partial charge in [0, 0.05) is 34.1 Å². The van der Waals surface area contributed by atoms with Crippen molar-refractivity contribution in [3.05, 3.63) is 63.8 Å². The lowest BCUT2D eigenvalue weighted by Gasteiger charge is -2.28. The summed E-state index contributed by atoms with van der Waals surface area (Å²) in [7, 11) is 0. The summed E-state index contributed by atoms with van der Waals surface area (Å²) in [5, 5.41) is 10.7. The number of likely N-dealkylation sites (tertiary alicyclic amines) is 1. The number of carbonyl (C=O) groups excluding carboxylic acids is 1. The zero-order valence-electron chi connectivity index (χ0n) is 21.0. The fourth-order valence-electron chi connectivity index (χ4n) is 5.41. The fraction of sp³-hybridized carbons (Fsp3) is 0.444. The molecule has 0 saturated carbocycles. The number of alkyl halides is 1. The molecule has 204 valence electrons. The molecular weight excluding hydrogens is 510 g/mol. The van der Waals surface area contributed by atoms with Crippen LogP contribution < -0.4 is 16.3 Å². The average Bonchev–Trinajstić information content (AvgIpc) is 3.64. The Morgan fingerprint density at radius 3 is 2.79 bits per heavy atom. The van der Waals surface area contributed by atoms with Crippen LogP contribution >= 0.6 is 11.3 Å². The first kappa shape index (κ1) is 25.1. The van der Waals surface area contributed by atoms with Gasteiger partial charge in [-0.05, 0) is 81.1 Å². The third kappa shape index (κ3) is 4.85. The van der Waals surface area contributed by atoms with Gasteiger partial charge >= 0.3 is 5.69 Å². The molecule has 0 aliphatic carbocycles. The molecule has 6 rings (SSSR count). The minimum atomic E-state index is -0.685. The molecule has 0 bridgehead atoms. The van der Waals surface area contributed by atoms with E-state index >= 15 is 4.39 Å². The number of nitrogens with zero attached hydrogens (tertiary/aromatic N) is 4. The van der Waals surface area contributed by atoms with Crippen molar-refractivity contribution in [3.63, 3.8) is 0 Å². The summed E-state index contributed by atoms with van der Waals surface area (Å²) in [6.07, 6.45) is 3.30. The minimum Gasteiger partial charge on any atom is -0.352 e. The Labute approximate surface area is 225 Å². The zero-order chi connectivity index (χ0) is 26.2. The number of carbonyl (C=O) groups is 1. The van der Waals surface area contributed by atoms with Crippen LogP contribution in [-0.2, 0) is 0 Å². The minimum absolute atomic E-state index is 0. The second-order valence-electron chi connectivity index (χ2n) is 10.1. The van der Waals surface area contributed by atoms with Gasteiger partial charge in [-0.3, -0.25) is 4.79 Å². The van der Waals surface area contributed by atoms with Gasteiger partial charge in [0.15, 0.2) is 0 Å². The molecule has 2 N–H and O–H groups in total. The second-order valence-corrected chi connectivity index (χ2v) is 11.1. The lowest BCUT2D eigenvalue weighted by atomic mass is 10.0. The highest BCUT2D eigenvalue weighted by molar-refractivity contribution is 7.23. The Kier molecular flexibility index (Phi) is 6.98. The zero-order valence-corrected chi connectivity index (χ0v) is 21.8. The summed E-state index contributed by atoms with van der Waals surface area (Å²) in [5.74, 6) is -0.670. The number of benzene rings is 2. The van der Waals surface area contributed by atoms with E-state index in [0.717, 1.165) is 60.4 Å². The number of piperidine rings is 1. The van der Waals surface area contributed by atoms with E-state index in [1.165, 1.54) is 21.8 Å². The molecule has 2 aliphatic heterocycles. The molecule has 0 radical (unpaired) electrons. The molecule has 0 unspecified atom stereocenters. The molecule has 2 aliphatic rings. The van der Waals surface area contributed by atoms with Gasteiger partial charge in [0.25, 0.3) is 5.91 Å². The van der Waals surface area contributed by atoms with Crippen LogP contribution in [0.2, 0.25) is 0 Å². The number of aromatic nitrogens is 3. The number of hydrogen-bond donors (Lipinski definition) is 2. The fourth-order valence-corrected chi connectivity index (χ4v) is 6.45. The van der Waals surface area contributed by atoms with Crippen LogP contribution in [-0.4, -0.2) is 63.9 Å². The summed E-state index contributed by atoms with van der Waals surface area (Å²) in [6, 6.07) is 10.2. The Bertz CT molecular complexity index is 1540. The molecule has 2 saturated heterocycles. The van der Waals surface area contributed by atoms with E-state index in [9.17, 15) is 14.0 Å². The predicted molar refractivity (Wildman–Crippen MR) is 148 cm³/mol. The van der Waals surface area contributed by atoms with E-state index < -0.39 is 17.7 Å². The Morgan fingerprint density at radius 2 is 2.03 bits per heavy atom. The van der Waals surface area contributed by atoms with Gasteiger partial charge in [-0.15, -0.1) is 5.10 Å². The predicted octanol–water partition coefficient (Wildman–Crippen LogP) is 4.31. The monoisotopic (exact) mass is 544 g/mol. The van der Waals surface area contributed by atoms with Gasteiger partial charge in [0.05, 0.1) is 10.2 Å². The van der Waals surface area contributed by atoms with E-state index in [0.29, 0.717) is 35.4 Å². The van der Waals surface area contributed by atoms with Crippen molar-refractivity contribution in [3.8, 4) is 5.69 Å². The van der Waals surface area contributed by atoms with Crippen LogP contribution in [0.1, 0.15) is 56.9 Å². The number of fused-ring (bicyclic) bond motifs is 3. The molecule has 0 spiro atoms. The number of halogens is 2. The first-order chi connectivity index (χ1) is 18.5. The standard InChI is InChI=1S/C27H30F2N6O2S.2H2/c28-19-8-13-33(14-9-19)12-2-11-31-25(36)18-5-7-23-24(16-18)38-26-32-35(27(37)34(23)26)22-6-4-17(15-20(22)29)21-3-1-10-30-21;;/h4-7,15-16,19,21,30H,1-3,8-14H2,(H,31,36);2*1H/t21-;;/m1../s1. The number of nitrogens with one attached hydrogen (secondary N) is 2. The van der Waals surface area contributed by atoms with Crippen molar-refractivity contribution in [1.29, 1.82) is 0 Å². The van der Waals surface area contributed by atoms with Crippen LogP contribution in [0.3, 0.4) is 0 Å². The summed E-state index contributed by atoms with van der Waals surface area (Å²) in [5.41, 5.74) is 1.66. The summed E-state index contributed by atoms with van der Waals surface area (Å²) >= 11 is 1.28. The summed E-state index contributed by atoms with van der Waals surface area (Å²) in [6.45, 7) is 3.82. The third-order valence-corrected chi connectivity index (χ3v) is 8.52. The molecule has 11 heteroatoms. The lowest BCUT2D eigenvalue weighted by Crippen LogP contribution is -2.36. The van der Waals surface area contributed by atoms with Crippen molar-refractivity contribution in [2.75, 3.05) is 32.7 Å². The first-order valence-electron chi connectivity index (χ1n) is 13.2. The van der Waals surface area contributed by atoms with E-state index in [1.807, 2.05) is 6.07 Å². The largest absolute Gasteiger partial charge is 0.356 e. The van der Waals surface area contributed by atoms with Crippen molar-refractivity contribution >= 4 is 32.4 Å². The molecule has 2 aromatic carbocycles. The van der Waals surface area contributed by atoms with Gasteiger partial charge in [0.2, 0.25) is 4.96 Å². The molecule has 4 aromatic rings. The Hall–Kier alpha value is -3.15. The quantitative estimate of drug-likeness (QED) is 0.339. The van der Waals surface area contributed by atoms with Crippen molar-refractivity contribution in [2.45, 2.75) is 44.3 Å². The average molecular weight is 545 g/mol. The number of thiazole rings is 1. The van der Waals surface area contributed by atoms with Crippen LogP contribution in [0.15, 0.2) is 41.2 Å². The van der Waals surface area contributed by atoms with E-state index in [1.54, 1.807) is 24.3 Å². The maximum absolute atomic E-state index is 15.0. The van der Waals surface area contributed by atoms with Gasteiger partial charge in [-0.1, -0.05) is 17.4 Å². The molecule has 1 amide bonds. The molecular formula is C27H34F2N6O2S. The maximum Gasteiger partial charge on any atom is 0.356 e. The van der Waals surface area contributed by atoms with Gasteiger partial charge in [0.1, 0.15) is 17.7 Å². The molecule has 4 heterocycles. The lowest BCUT2D eigenvalue weighted by molar-refractivity contribution is 0.0950. The Morgan fingerprint density at radius 1 is 1.18 bits per heavy atom. The molecule has 38 heavy (non-hydrogen) atoms. The number of rotatable bonds is 7. The maximum atomic E-state index is 15.0. The first-order valence-corrected chi connectivity index (χ1v) is 14.0. The van der Waals surface area contributed by atoms with Crippen LogP contribution in [0.4, 0.5) is 8.78 Å². The van der Waals surface area contributed by atoms with Crippen molar-refractivity contribution in [1.82, 2.24) is 29.7 Å². The highest BCUT2D eigenvalue weighted by Gasteiger charge is 2.21. The second kappa shape index (κ2) is 10.5. The molecule has 8 nitrogen and oxygen atoms in total. The van der Waals surface area contributed by atoms with Crippen LogP contribution in [0.25, 0.3) is 20.9 Å². The van der Waals surface area contributed by atoms with Gasteiger partial charge < -0.3 is 15.5 Å². The Balaban J connectivity index is 0.00000185. The van der Waals surface area contributed by atoms with Crippen LogP contribution in [0, 0.1) is 5.82 Å². The highest BCUT2D eigenvalue weighted by atomic mass is 32.1. The highest BCUT2D eigenvalue weighted by Crippen LogP contribution is 2.28. The molecule has 1 atom stereocenters. The SMILES string of the molecule is O=C(NCCCN1CCC(F)CC1)c1ccc2c(c1)sc1nn(-c3ccc([C@H]4CCCN4)cc3F)c(=O)n12.[HH].[HH]. The van der Waals surface area contributed by atoms with E-state index in [2.05, 4.69) is 20.6 Å². The van der Waals surface area contributed by atoms with Gasteiger partial charge in [-0.25, -0.2) is 18.0 Å². The van der Waals surface area contributed by atoms with Crippen molar-refractivity contribution < 1.29 is 16.4 Å². The number of amides is 1. The third-order valence-electron chi connectivity index (χ3n) is 7.53. The van der Waals surface area contributed by atoms with Crippen molar-refractivity contribution in [2.24, 2.45) is 0 Å². The molecule has 2 fully saturated rings. The van der Waals surface area contributed by atoms with E-state index in [4.69, 9.17) is 0 Å². The topological polar surface area (TPSA) is 83.7 Å². The smallest absolute Gasteiger partial charge is 0.352 e. The van der Waals surface area contributed by atoms with Gasteiger partial charge in [-0.2, -0.15) is 4.68 Å². The normalized spacial score (nSPS) is 19.1. The van der Waals surface area contributed by atoms with Crippen LogP contribution in [0.5, 0.6) is 0 Å². The summed E-state index contributed by atoms with van der Waals surface area (Å²) in [4.78, 5) is 28.6. The number of hydrogen-bond acceptors (Lipinski definition) is 6. The molecule has 2 aromatic heterocycles. The van der Waals surface area contributed by atoms with E-state index in [-0.39, 0.29) is 20.5 Å².